The Morgan fingerprint density at radius 2 is 2.42 bits per heavy atom. The van der Waals surface area contributed by atoms with Crippen molar-refractivity contribution in [2.45, 2.75) is 18.9 Å². The van der Waals surface area contributed by atoms with Crippen molar-refractivity contribution in [3.63, 3.8) is 0 Å². The third kappa shape index (κ3) is 4.18. The summed E-state index contributed by atoms with van der Waals surface area (Å²) in [5, 5.41) is 2.42. The van der Waals surface area contributed by atoms with E-state index in [-0.39, 0.29) is 18.4 Å². The molecule has 1 fully saturated rings. The Balaban J connectivity index is 1.75. The molecule has 1 atom stereocenters. The largest absolute Gasteiger partial charge is 0.399 e. The Hall–Kier alpha value is -1.66. The first-order valence-corrected chi connectivity index (χ1v) is 6.19. The lowest BCUT2D eigenvalue weighted by molar-refractivity contribution is -0.121. The zero-order chi connectivity index (χ0) is 13.7. The molecular weight excluding hydrogens is 251 g/mol. The Morgan fingerprint density at radius 1 is 1.58 bits per heavy atom. The molecule has 0 radical (unpaired) electrons. The van der Waals surface area contributed by atoms with Crippen LogP contribution in [-0.4, -0.2) is 31.8 Å². The second-order valence-corrected chi connectivity index (χ2v) is 4.44. The van der Waals surface area contributed by atoms with E-state index >= 15 is 0 Å². The highest BCUT2D eigenvalue weighted by molar-refractivity contribution is 5.92. The summed E-state index contributed by atoms with van der Waals surface area (Å²) in [4.78, 5) is 11.6. The van der Waals surface area contributed by atoms with Crippen LogP contribution in [0.15, 0.2) is 18.2 Å². The SMILES string of the molecule is Nc1ccc(F)c(NC(=O)COCC2CCCO2)c1. The van der Waals surface area contributed by atoms with Crippen molar-refractivity contribution in [3.8, 4) is 0 Å². The van der Waals surface area contributed by atoms with Gasteiger partial charge in [-0.25, -0.2) is 4.39 Å². The van der Waals surface area contributed by atoms with Gasteiger partial charge in [-0.05, 0) is 31.0 Å². The lowest BCUT2D eigenvalue weighted by Crippen LogP contribution is -2.23. The fraction of sp³-hybridized carbons (Fsp3) is 0.462. The first kappa shape index (κ1) is 13.8. The van der Waals surface area contributed by atoms with Gasteiger partial charge in [-0.3, -0.25) is 4.79 Å². The average molecular weight is 268 g/mol. The minimum absolute atomic E-state index is 0.0608. The van der Waals surface area contributed by atoms with Gasteiger partial charge < -0.3 is 20.5 Å². The van der Waals surface area contributed by atoms with E-state index in [0.29, 0.717) is 12.3 Å². The van der Waals surface area contributed by atoms with Gasteiger partial charge in [0.25, 0.3) is 0 Å². The number of carbonyl (C=O) groups excluding carboxylic acids is 1. The van der Waals surface area contributed by atoms with Gasteiger partial charge in [-0.15, -0.1) is 0 Å². The predicted molar refractivity (Wildman–Crippen MR) is 69.2 cm³/mol. The van der Waals surface area contributed by atoms with Crippen LogP contribution in [0.2, 0.25) is 0 Å². The zero-order valence-corrected chi connectivity index (χ0v) is 10.5. The maximum Gasteiger partial charge on any atom is 0.250 e. The van der Waals surface area contributed by atoms with E-state index in [9.17, 15) is 9.18 Å². The maximum absolute atomic E-state index is 13.4. The Labute approximate surface area is 110 Å². The Kier molecular flexibility index (Phi) is 4.70. The van der Waals surface area contributed by atoms with Crippen LogP contribution in [-0.2, 0) is 14.3 Å². The molecule has 5 nitrogen and oxygen atoms in total. The Bertz CT molecular complexity index is 448. The van der Waals surface area contributed by atoms with E-state index in [1.165, 1.54) is 18.2 Å². The second kappa shape index (κ2) is 6.49. The van der Waals surface area contributed by atoms with Crippen LogP contribution in [0.5, 0.6) is 0 Å². The molecule has 1 aromatic carbocycles. The minimum Gasteiger partial charge on any atom is -0.399 e. The van der Waals surface area contributed by atoms with Crippen molar-refractivity contribution in [1.29, 1.82) is 0 Å². The molecule has 0 bridgehead atoms. The van der Waals surface area contributed by atoms with Gasteiger partial charge in [0, 0.05) is 12.3 Å². The number of rotatable bonds is 5. The van der Waals surface area contributed by atoms with Crippen molar-refractivity contribution in [1.82, 2.24) is 0 Å². The summed E-state index contributed by atoms with van der Waals surface area (Å²) in [7, 11) is 0. The van der Waals surface area contributed by atoms with Crippen LogP contribution in [0.1, 0.15) is 12.8 Å². The topological polar surface area (TPSA) is 73.6 Å². The molecule has 1 unspecified atom stereocenters. The van der Waals surface area contributed by atoms with Gasteiger partial charge in [-0.1, -0.05) is 0 Å². The summed E-state index contributed by atoms with van der Waals surface area (Å²) in [5.74, 6) is -0.941. The lowest BCUT2D eigenvalue weighted by Gasteiger charge is -2.10. The van der Waals surface area contributed by atoms with Crippen molar-refractivity contribution in [3.05, 3.63) is 24.0 Å². The molecule has 0 aromatic heterocycles. The van der Waals surface area contributed by atoms with Crippen LogP contribution < -0.4 is 11.1 Å². The number of amides is 1. The molecule has 1 amide bonds. The summed E-state index contributed by atoms with van der Waals surface area (Å²) in [6, 6.07) is 4.00. The summed E-state index contributed by atoms with van der Waals surface area (Å²) < 4.78 is 24.0. The third-order valence-corrected chi connectivity index (χ3v) is 2.83. The molecule has 1 aliphatic heterocycles. The molecule has 3 N–H and O–H groups in total. The third-order valence-electron chi connectivity index (χ3n) is 2.83. The molecule has 0 aliphatic carbocycles. The predicted octanol–water partition coefficient (Wildman–Crippen LogP) is 1.54. The van der Waals surface area contributed by atoms with Gasteiger partial charge in [-0.2, -0.15) is 0 Å². The number of halogens is 1. The molecule has 1 saturated heterocycles. The first-order chi connectivity index (χ1) is 9.15. The fourth-order valence-electron chi connectivity index (χ4n) is 1.88. The van der Waals surface area contributed by atoms with E-state index in [1.807, 2.05) is 0 Å². The van der Waals surface area contributed by atoms with Crippen molar-refractivity contribution < 1.29 is 18.7 Å². The average Bonchev–Trinajstić information content (AvgIpc) is 2.87. The number of benzene rings is 1. The van der Waals surface area contributed by atoms with Gasteiger partial charge in [0.05, 0.1) is 18.4 Å². The minimum atomic E-state index is -0.526. The summed E-state index contributed by atoms with van der Waals surface area (Å²) in [6.07, 6.45) is 2.04. The van der Waals surface area contributed by atoms with Crippen molar-refractivity contribution in [2.24, 2.45) is 0 Å². The quantitative estimate of drug-likeness (QED) is 0.794. The molecule has 1 aromatic rings. The number of ether oxygens (including phenoxy) is 2. The van der Waals surface area contributed by atoms with Crippen molar-refractivity contribution >= 4 is 17.3 Å². The van der Waals surface area contributed by atoms with Crippen LogP contribution in [0.25, 0.3) is 0 Å². The number of nitrogens with two attached hydrogens (primary N) is 1. The zero-order valence-electron chi connectivity index (χ0n) is 10.5. The monoisotopic (exact) mass is 268 g/mol. The maximum atomic E-state index is 13.4. The van der Waals surface area contributed by atoms with Gasteiger partial charge in [0.1, 0.15) is 12.4 Å². The highest BCUT2D eigenvalue weighted by Gasteiger charge is 2.16. The van der Waals surface area contributed by atoms with E-state index in [4.69, 9.17) is 15.2 Å². The van der Waals surface area contributed by atoms with E-state index in [1.54, 1.807) is 0 Å². The number of nitrogens with one attached hydrogen (secondary N) is 1. The number of nitrogen functional groups attached to an aromatic ring is 1. The molecular formula is C13H17FN2O3. The highest BCUT2D eigenvalue weighted by atomic mass is 19.1. The summed E-state index contributed by atoms with van der Waals surface area (Å²) >= 11 is 0. The summed E-state index contributed by atoms with van der Waals surface area (Å²) in [6.45, 7) is 0.996. The van der Waals surface area contributed by atoms with Crippen LogP contribution in [0, 0.1) is 5.82 Å². The molecule has 19 heavy (non-hydrogen) atoms. The second-order valence-electron chi connectivity index (χ2n) is 4.44. The highest BCUT2D eigenvalue weighted by Crippen LogP contribution is 2.17. The van der Waals surface area contributed by atoms with Crippen LogP contribution >= 0.6 is 0 Å². The van der Waals surface area contributed by atoms with Gasteiger partial charge in [0.2, 0.25) is 5.91 Å². The molecule has 2 rings (SSSR count). The molecule has 0 saturated carbocycles. The number of anilines is 2. The molecule has 1 heterocycles. The van der Waals surface area contributed by atoms with Crippen LogP contribution in [0.4, 0.5) is 15.8 Å². The standard InChI is InChI=1S/C13H17FN2O3/c14-11-4-3-9(15)6-12(11)16-13(17)8-18-7-10-2-1-5-19-10/h3-4,6,10H,1-2,5,7-8,15H2,(H,16,17). The van der Waals surface area contributed by atoms with Crippen molar-refractivity contribution in [2.75, 3.05) is 30.9 Å². The van der Waals surface area contributed by atoms with E-state index in [2.05, 4.69) is 5.32 Å². The molecule has 6 heteroatoms. The van der Waals surface area contributed by atoms with Crippen LogP contribution in [0.3, 0.4) is 0 Å². The normalized spacial score (nSPS) is 18.5. The number of carbonyl (C=O) groups is 1. The molecule has 104 valence electrons. The fourth-order valence-corrected chi connectivity index (χ4v) is 1.88. The van der Waals surface area contributed by atoms with E-state index < -0.39 is 11.7 Å². The smallest absolute Gasteiger partial charge is 0.250 e. The number of hydrogen-bond donors (Lipinski definition) is 2. The van der Waals surface area contributed by atoms with Gasteiger partial charge >= 0.3 is 0 Å². The van der Waals surface area contributed by atoms with E-state index in [0.717, 1.165) is 19.4 Å². The summed E-state index contributed by atoms with van der Waals surface area (Å²) in [5.41, 5.74) is 5.97. The van der Waals surface area contributed by atoms with Gasteiger partial charge in [0.15, 0.2) is 0 Å². The Morgan fingerprint density at radius 3 is 3.16 bits per heavy atom. The molecule has 1 aliphatic rings. The first-order valence-electron chi connectivity index (χ1n) is 6.19. The lowest BCUT2D eigenvalue weighted by atomic mass is 10.2. The number of hydrogen-bond acceptors (Lipinski definition) is 4. The molecule has 0 spiro atoms.